The molecule has 0 spiro atoms. The smallest absolute Gasteiger partial charge is 0.164 e. The Balaban J connectivity index is 1.06. The molecule has 0 amide bonds. The van der Waals surface area contributed by atoms with Crippen LogP contribution in [-0.4, -0.2) is 31.1 Å². The molecule has 0 bridgehead atoms. The predicted molar refractivity (Wildman–Crippen MR) is 288 cm³/mol. The molecule has 0 N–H and O–H groups in total. The summed E-state index contributed by atoms with van der Waals surface area (Å²) < 4.78 is 0. The number of rotatable bonds is 10. The summed E-state index contributed by atoms with van der Waals surface area (Å²) in [5.41, 5.74) is 16.0. The first kappa shape index (κ1) is 44.4. The lowest BCUT2D eigenvalue weighted by Crippen LogP contribution is -2.37. The van der Waals surface area contributed by atoms with Crippen molar-refractivity contribution in [3.05, 3.63) is 200 Å². The number of hydrogen-bond acceptors (Lipinski definition) is 3. The minimum absolute atomic E-state index is 0.118. The van der Waals surface area contributed by atoms with Gasteiger partial charge in [-0.15, -0.1) is 0 Å². The fraction of sp³-hybridized carbons (Fsp3) is 0.164. The predicted octanol–water partition coefficient (Wildman–Crippen LogP) is 15.6. The van der Waals surface area contributed by atoms with Gasteiger partial charge in [0, 0.05) is 16.7 Å². The molecule has 0 radical (unpaired) electrons. The van der Waals surface area contributed by atoms with Gasteiger partial charge in [0.1, 0.15) is 0 Å². The van der Waals surface area contributed by atoms with Crippen LogP contribution in [0, 0.1) is 0 Å². The normalized spacial score (nSPS) is 12.0. The molecule has 0 saturated heterocycles. The zero-order valence-corrected chi connectivity index (χ0v) is 41.8. The number of nitrogens with zero attached hydrogens (tertiary/aromatic N) is 3. The van der Waals surface area contributed by atoms with Gasteiger partial charge in [-0.2, -0.15) is 0 Å². The van der Waals surface area contributed by atoms with E-state index in [0.717, 1.165) is 27.8 Å². The summed E-state index contributed by atoms with van der Waals surface area (Å²) in [4.78, 5) is 15.5. The first-order valence-electron chi connectivity index (χ1n) is 23.2. The second-order valence-corrected chi connectivity index (χ2v) is 30.8. The molecule has 0 aliphatic carbocycles. The topological polar surface area (TPSA) is 38.7 Å². The van der Waals surface area contributed by atoms with Crippen molar-refractivity contribution in [1.82, 2.24) is 15.0 Å². The van der Waals surface area contributed by atoms with Gasteiger partial charge >= 0.3 is 0 Å². The van der Waals surface area contributed by atoms with Crippen LogP contribution < -0.4 is 10.4 Å². The van der Waals surface area contributed by atoms with Crippen molar-refractivity contribution in [3.63, 3.8) is 0 Å². The van der Waals surface area contributed by atoms with Crippen molar-refractivity contribution in [1.29, 1.82) is 0 Å². The van der Waals surface area contributed by atoms with Crippen LogP contribution in [0.4, 0.5) is 0 Å². The maximum Gasteiger partial charge on any atom is 0.164 e. The van der Waals surface area contributed by atoms with Crippen LogP contribution in [0.2, 0.25) is 39.3 Å². The Hall–Kier alpha value is -6.80. The molecule has 326 valence electrons. The number of aromatic nitrogens is 3. The highest BCUT2D eigenvalue weighted by Crippen LogP contribution is 2.34. The van der Waals surface area contributed by atoms with Gasteiger partial charge in [0.05, 0.1) is 16.1 Å². The standard InChI is InChI=1S/C61H59N3Si2/c1-61(2,3)55-33-27-46(28-34-55)49-13-10-14-50(39-49)51-15-11-16-52(40-51)53-17-12-18-54(41-53)60-63-58(47-23-19-42(20-24-47)44-29-35-56(36-30-44)65(4,5)6)62-59(64-60)48-25-21-43(22-26-48)45-31-37-57(38-32-45)66(7,8)9/h10-41H,1-9H3. The average molecular weight is 890 g/mol. The molecule has 0 aliphatic rings. The van der Waals surface area contributed by atoms with E-state index in [1.54, 1.807) is 0 Å². The first-order valence-corrected chi connectivity index (χ1v) is 30.2. The summed E-state index contributed by atoms with van der Waals surface area (Å²) in [5, 5.41) is 2.92. The minimum Gasteiger partial charge on any atom is -0.208 e. The van der Waals surface area contributed by atoms with Crippen molar-refractivity contribution in [2.75, 3.05) is 0 Å². The largest absolute Gasteiger partial charge is 0.208 e. The average Bonchev–Trinajstić information content (AvgIpc) is 3.33. The number of benzene rings is 8. The highest BCUT2D eigenvalue weighted by atomic mass is 28.3. The summed E-state index contributed by atoms with van der Waals surface area (Å²) in [6.07, 6.45) is 0. The summed E-state index contributed by atoms with van der Waals surface area (Å²) in [6, 6.07) is 70.6. The van der Waals surface area contributed by atoms with E-state index in [2.05, 4.69) is 254 Å². The molecular weight excluding hydrogens is 831 g/mol. The molecule has 3 nitrogen and oxygen atoms in total. The molecule has 0 aliphatic heterocycles. The lowest BCUT2D eigenvalue weighted by Gasteiger charge is -2.19. The summed E-state index contributed by atoms with van der Waals surface area (Å²) in [7, 11) is -2.77. The Morgan fingerprint density at radius 3 is 0.848 bits per heavy atom. The molecule has 1 aromatic heterocycles. The van der Waals surface area contributed by atoms with Crippen LogP contribution in [0.25, 0.3) is 89.8 Å². The Bertz CT molecular complexity index is 3010. The molecule has 0 saturated carbocycles. The molecule has 1 heterocycles. The van der Waals surface area contributed by atoms with Gasteiger partial charge in [0.25, 0.3) is 0 Å². The second-order valence-electron chi connectivity index (χ2n) is 20.7. The summed E-state index contributed by atoms with van der Waals surface area (Å²) >= 11 is 0. The maximum absolute atomic E-state index is 5.18. The molecule has 9 rings (SSSR count). The van der Waals surface area contributed by atoms with Crippen LogP contribution in [0.3, 0.4) is 0 Å². The highest BCUT2D eigenvalue weighted by Gasteiger charge is 2.19. The van der Waals surface area contributed by atoms with E-state index in [4.69, 9.17) is 15.0 Å². The molecule has 9 aromatic rings. The van der Waals surface area contributed by atoms with Crippen LogP contribution in [0.15, 0.2) is 194 Å². The Morgan fingerprint density at radius 2 is 0.515 bits per heavy atom. The van der Waals surface area contributed by atoms with Gasteiger partial charge in [-0.1, -0.05) is 246 Å². The third-order valence-corrected chi connectivity index (χ3v) is 16.8. The van der Waals surface area contributed by atoms with Gasteiger partial charge in [-0.05, 0) is 84.8 Å². The van der Waals surface area contributed by atoms with Crippen LogP contribution >= 0.6 is 0 Å². The lowest BCUT2D eigenvalue weighted by atomic mass is 9.86. The Labute approximate surface area is 394 Å². The van der Waals surface area contributed by atoms with Gasteiger partial charge in [-0.3, -0.25) is 0 Å². The SMILES string of the molecule is CC(C)(C)c1ccc(-c2cccc(-c3cccc(-c4cccc(-c5nc(-c6ccc(-c7ccc([Si](C)(C)C)cc7)cc6)nc(-c6ccc(-c7ccc([Si](C)(C)C)cc7)cc6)n5)c4)c3)c2)cc1. The molecule has 0 unspecified atom stereocenters. The van der Waals surface area contributed by atoms with E-state index in [1.165, 1.54) is 60.4 Å². The Kier molecular flexibility index (Phi) is 12.0. The van der Waals surface area contributed by atoms with E-state index in [0.29, 0.717) is 17.5 Å². The molecule has 0 fully saturated rings. The molecule has 8 aromatic carbocycles. The van der Waals surface area contributed by atoms with Gasteiger partial charge in [-0.25, -0.2) is 15.0 Å². The van der Waals surface area contributed by atoms with Crippen LogP contribution in [0.5, 0.6) is 0 Å². The van der Waals surface area contributed by atoms with Crippen molar-refractivity contribution in [3.8, 4) is 89.8 Å². The zero-order valence-electron chi connectivity index (χ0n) is 39.8. The zero-order chi connectivity index (χ0) is 46.2. The third-order valence-electron chi connectivity index (χ3n) is 12.7. The molecule has 66 heavy (non-hydrogen) atoms. The fourth-order valence-electron chi connectivity index (χ4n) is 8.47. The maximum atomic E-state index is 5.18. The van der Waals surface area contributed by atoms with Gasteiger partial charge < -0.3 is 0 Å². The van der Waals surface area contributed by atoms with Crippen LogP contribution in [0.1, 0.15) is 26.3 Å². The quantitative estimate of drug-likeness (QED) is 0.128. The third kappa shape index (κ3) is 9.89. The van der Waals surface area contributed by atoms with Crippen molar-refractivity contribution >= 4 is 26.5 Å². The molecular formula is C61H59N3Si2. The van der Waals surface area contributed by atoms with Gasteiger partial charge in [0.2, 0.25) is 0 Å². The van der Waals surface area contributed by atoms with Crippen molar-refractivity contribution in [2.45, 2.75) is 65.5 Å². The van der Waals surface area contributed by atoms with E-state index in [9.17, 15) is 0 Å². The van der Waals surface area contributed by atoms with E-state index >= 15 is 0 Å². The Morgan fingerprint density at radius 1 is 0.273 bits per heavy atom. The van der Waals surface area contributed by atoms with Crippen molar-refractivity contribution < 1.29 is 0 Å². The summed E-state index contributed by atoms with van der Waals surface area (Å²) in [6.45, 7) is 21.1. The van der Waals surface area contributed by atoms with E-state index in [1.807, 2.05) is 0 Å². The van der Waals surface area contributed by atoms with Gasteiger partial charge in [0.15, 0.2) is 17.5 Å². The number of hydrogen-bond donors (Lipinski definition) is 0. The minimum atomic E-state index is -1.39. The second kappa shape index (κ2) is 17.9. The fourth-order valence-corrected chi connectivity index (χ4v) is 10.8. The molecule has 5 heteroatoms. The van der Waals surface area contributed by atoms with E-state index < -0.39 is 16.1 Å². The van der Waals surface area contributed by atoms with Crippen LogP contribution in [-0.2, 0) is 5.41 Å². The lowest BCUT2D eigenvalue weighted by molar-refractivity contribution is 0.590. The monoisotopic (exact) mass is 889 g/mol. The molecule has 0 atom stereocenters. The summed E-state index contributed by atoms with van der Waals surface area (Å²) in [5.74, 6) is 1.92. The van der Waals surface area contributed by atoms with E-state index in [-0.39, 0.29) is 5.41 Å². The first-order chi connectivity index (χ1) is 31.5. The highest BCUT2D eigenvalue weighted by molar-refractivity contribution is 6.89. The van der Waals surface area contributed by atoms with Crippen molar-refractivity contribution in [2.24, 2.45) is 0 Å².